The molecule has 0 saturated carbocycles. The fraction of sp³-hybridized carbons (Fsp3) is 0.484. The van der Waals surface area contributed by atoms with Crippen LogP contribution >= 0.6 is 11.3 Å². The Balaban J connectivity index is 1.36. The predicted molar refractivity (Wildman–Crippen MR) is 147 cm³/mol. The number of carbonyl (C=O) groups excluding carboxylic acids is 2. The van der Waals surface area contributed by atoms with E-state index in [1.54, 1.807) is 17.4 Å². The number of thiophene rings is 1. The van der Waals surface area contributed by atoms with Gasteiger partial charge in [0, 0.05) is 10.8 Å². The van der Waals surface area contributed by atoms with Crippen LogP contribution in [-0.4, -0.2) is 34.5 Å². The first kappa shape index (κ1) is 26.8. The highest BCUT2D eigenvalue weighted by molar-refractivity contribution is 7.09. The third kappa shape index (κ3) is 5.10. The van der Waals surface area contributed by atoms with Crippen molar-refractivity contribution in [3.05, 3.63) is 68.7 Å². The van der Waals surface area contributed by atoms with Gasteiger partial charge in [-0.15, -0.1) is 11.3 Å². The average Bonchev–Trinajstić information content (AvgIpc) is 3.61. The number of allylic oxidation sites excluding steroid dienone is 2. The Morgan fingerprint density at radius 1 is 1.21 bits per heavy atom. The van der Waals surface area contributed by atoms with Crippen molar-refractivity contribution >= 4 is 29.2 Å². The minimum atomic E-state index is -0.621. The van der Waals surface area contributed by atoms with E-state index in [4.69, 9.17) is 4.74 Å². The summed E-state index contributed by atoms with van der Waals surface area (Å²) < 4.78 is 20.3. The van der Waals surface area contributed by atoms with E-state index in [2.05, 4.69) is 20.8 Å². The largest absolute Gasteiger partial charge is 0.505 e. The third-order valence-electron chi connectivity index (χ3n) is 8.27. The molecule has 38 heavy (non-hydrogen) atoms. The number of benzene rings is 1. The minimum Gasteiger partial charge on any atom is -0.505 e. The van der Waals surface area contributed by atoms with Gasteiger partial charge < -0.3 is 9.84 Å². The van der Waals surface area contributed by atoms with Gasteiger partial charge in [0.2, 0.25) is 11.8 Å². The van der Waals surface area contributed by atoms with Gasteiger partial charge in [-0.25, -0.2) is 4.39 Å². The van der Waals surface area contributed by atoms with Gasteiger partial charge in [-0.05, 0) is 66.3 Å². The zero-order valence-electron chi connectivity index (χ0n) is 22.3. The topological polar surface area (TPSA) is 66.8 Å². The molecule has 1 N–H and O–H groups in total. The number of phenols is 1. The van der Waals surface area contributed by atoms with E-state index in [0.29, 0.717) is 19.6 Å². The SMILES string of the molecule is CCC/C(=C\c1ccc(O)c(F)c1)CC[C@H]1OC[C@H]2C1=C(C(C)C)C[C@H]1C(=O)N(Cc3cccs3)C(=O)[C@H]12. The Hall–Kier alpha value is -2.77. The Bertz CT molecular complexity index is 1260. The van der Waals surface area contributed by atoms with Crippen molar-refractivity contribution in [1.82, 2.24) is 4.90 Å². The van der Waals surface area contributed by atoms with Crippen molar-refractivity contribution in [3.63, 3.8) is 0 Å². The Morgan fingerprint density at radius 3 is 2.71 bits per heavy atom. The monoisotopic (exact) mass is 537 g/mol. The van der Waals surface area contributed by atoms with Crippen LogP contribution in [0.3, 0.4) is 0 Å². The van der Waals surface area contributed by atoms with Crippen LogP contribution in [0.4, 0.5) is 4.39 Å². The standard InChI is InChI=1S/C31H36FNO4S/c1-4-6-19(13-20-8-10-26(34)25(32)14-20)9-11-27-28-22(18(2)3)15-23-29(24(28)17-37-27)31(36)33(30(23)35)16-21-7-5-12-38-21/h5,7-8,10,12-14,18,23-24,27,29,34H,4,6,9,11,15-17H2,1-3H3/b19-13+/t23-,24+,27-,29-/m1/s1. The molecule has 1 aliphatic carbocycles. The number of nitrogens with zero attached hydrogens (tertiary/aromatic N) is 1. The van der Waals surface area contributed by atoms with Crippen molar-refractivity contribution < 1.29 is 23.8 Å². The lowest BCUT2D eigenvalue weighted by Crippen LogP contribution is -2.35. The zero-order valence-corrected chi connectivity index (χ0v) is 23.1. The molecule has 202 valence electrons. The summed E-state index contributed by atoms with van der Waals surface area (Å²) >= 11 is 1.57. The van der Waals surface area contributed by atoms with E-state index in [1.165, 1.54) is 33.8 Å². The van der Waals surface area contributed by atoms with Crippen molar-refractivity contribution in [3.8, 4) is 5.75 Å². The normalized spacial score (nSPS) is 25.5. The first-order chi connectivity index (χ1) is 18.3. The molecule has 2 aliphatic heterocycles. The van der Waals surface area contributed by atoms with Gasteiger partial charge >= 0.3 is 0 Å². The molecule has 4 atom stereocenters. The molecule has 3 aliphatic rings. The summed E-state index contributed by atoms with van der Waals surface area (Å²) in [5, 5.41) is 11.5. The molecule has 5 rings (SSSR count). The molecule has 2 saturated heterocycles. The number of amides is 2. The molecular formula is C31H36FNO4S. The number of halogens is 1. The number of imide groups is 1. The number of rotatable bonds is 9. The zero-order chi connectivity index (χ0) is 27.0. The molecule has 0 radical (unpaired) electrons. The fourth-order valence-electron chi connectivity index (χ4n) is 6.49. The molecule has 2 fully saturated rings. The highest BCUT2D eigenvalue weighted by Gasteiger charge is 2.57. The second kappa shape index (κ2) is 11.1. The summed E-state index contributed by atoms with van der Waals surface area (Å²) in [6.45, 7) is 7.29. The Labute approximate surface area is 228 Å². The molecule has 7 heteroatoms. The Kier molecular flexibility index (Phi) is 7.87. The number of fused-ring (bicyclic) bond motifs is 3. The van der Waals surface area contributed by atoms with Crippen molar-refractivity contribution in [1.29, 1.82) is 0 Å². The van der Waals surface area contributed by atoms with Gasteiger partial charge in [0.05, 0.1) is 31.1 Å². The van der Waals surface area contributed by atoms with Gasteiger partial charge in [0.1, 0.15) is 0 Å². The summed E-state index contributed by atoms with van der Waals surface area (Å²) in [6, 6.07) is 8.39. The van der Waals surface area contributed by atoms with Crippen LogP contribution in [-0.2, 0) is 20.9 Å². The predicted octanol–water partition coefficient (Wildman–Crippen LogP) is 6.73. The number of hydrogen-bond acceptors (Lipinski definition) is 5. The average molecular weight is 538 g/mol. The maximum atomic E-state index is 13.9. The summed E-state index contributed by atoms with van der Waals surface area (Å²) in [5.41, 5.74) is 4.46. The third-order valence-corrected chi connectivity index (χ3v) is 9.13. The van der Waals surface area contributed by atoms with E-state index in [1.807, 2.05) is 23.6 Å². The molecule has 0 bridgehead atoms. The van der Waals surface area contributed by atoms with Gasteiger partial charge in [-0.2, -0.15) is 0 Å². The van der Waals surface area contributed by atoms with Gasteiger partial charge in [0.25, 0.3) is 0 Å². The lowest BCUT2D eigenvalue weighted by molar-refractivity contribution is -0.140. The van der Waals surface area contributed by atoms with Crippen LogP contribution in [0.15, 0.2) is 52.4 Å². The minimum absolute atomic E-state index is 0.0386. The number of aromatic hydroxyl groups is 1. The molecule has 0 spiro atoms. The lowest BCUT2D eigenvalue weighted by Gasteiger charge is -2.33. The molecule has 3 heterocycles. The lowest BCUT2D eigenvalue weighted by atomic mass is 9.67. The van der Waals surface area contributed by atoms with E-state index >= 15 is 0 Å². The van der Waals surface area contributed by atoms with E-state index in [0.717, 1.165) is 36.1 Å². The van der Waals surface area contributed by atoms with Gasteiger partial charge in [-0.3, -0.25) is 14.5 Å². The molecular weight excluding hydrogens is 501 g/mol. The number of carbonyl (C=O) groups is 2. The van der Waals surface area contributed by atoms with E-state index < -0.39 is 5.82 Å². The van der Waals surface area contributed by atoms with Crippen LogP contribution in [0.5, 0.6) is 5.75 Å². The first-order valence-corrected chi connectivity index (χ1v) is 14.6. The van der Waals surface area contributed by atoms with Gasteiger partial charge in [0.15, 0.2) is 11.6 Å². The van der Waals surface area contributed by atoms with E-state index in [9.17, 15) is 19.1 Å². The number of hydrogen-bond donors (Lipinski definition) is 1. The second-order valence-electron chi connectivity index (χ2n) is 11.0. The smallest absolute Gasteiger partial charge is 0.234 e. The van der Waals surface area contributed by atoms with Crippen LogP contribution in [0.1, 0.15) is 63.3 Å². The molecule has 1 aromatic carbocycles. The molecule has 2 amide bonds. The summed E-state index contributed by atoms with van der Waals surface area (Å²) in [7, 11) is 0. The van der Waals surface area contributed by atoms with Gasteiger partial charge in [-0.1, -0.05) is 56.5 Å². The quantitative estimate of drug-likeness (QED) is 0.285. The van der Waals surface area contributed by atoms with E-state index in [-0.39, 0.29) is 47.3 Å². The Morgan fingerprint density at radius 2 is 2.03 bits per heavy atom. The van der Waals surface area contributed by atoms with Crippen LogP contribution in [0.2, 0.25) is 0 Å². The van der Waals surface area contributed by atoms with Crippen LogP contribution in [0, 0.1) is 29.5 Å². The second-order valence-corrected chi connectivity index (χ2v) is 12.1. The van der Waals surface area contributed by atoms with Crippen molar-refractivity contribution in [2.45, 2.75) is 65.5 Å². The number of ether oxygens (including phenoxy) is 1. The summed E-state index contributed by atoms with van der Waals surface area (Å²) in [4.78, 5) is 29.5. The maximum absolute atomic E-state index is 13.9. The molecule has 0 unspecified atom stereocenters. The first-order valence-electron chi connectivity index (χ1n) is 13.7. The van der Waals surface area contributed by atoms with Crippen molar-refractivity contribution in [2.75, 3.05) is 6.61 Å². The molecule has 1 aromatic heterocycles. The summed E-state index contributed by atoms with van der Waals surface area (Å²) in [6.07, 6.45) is 6.01. The van der Waals surface area contributed by atoms with Crippen LogP contribution in [0.25, 0.3) is 6.08 Å². The number of likely N-dealkylation sites (tertiary alicyclic amines) is 1. The number of phenolic OH excluding ortho intramolecular Hbond substituents is 1. The van der Waals surface area contributed by atoms with Crippen molar-refractivity contribution in [2.24, 2.45) is 23.7 Å². The molecule has 5 nitrogen and oxygen atoms in total. The maximum Gasteiger partial charge on any atom is 0.234 e. The highest BCUT2D eigenvalue weighted by Crippen LogP contribution is 2.51. The van der Waals surface area contributed by atoms with Crippen LogP contribution < -0.4 is 0 Å². The fourth-order valence-corrected chi connectivity index (χ4v) is 7.19. The molecule has 2 aromatic rings. The summed E-state index contributed by atoms with van der Waals surface area (Å²) in [5.74, 6) is -1.46. The highest BCUT2D eigenvalue weighted by atomic mass is 32.1.